The number of benzene rings is 1. The number of fused-ring (bicyclic) bond motifs is 1. The van der Waals surface area contributed by atoms with Gasteiger partial charge in [0.2, 0.25) is 11.8 Å². The molecule has 142 valence electrons. The first kappa shape index (κ1) is 18.8. The number of furan rings is 1. The second kappa shape index (κ2) is 8.14. The van der Waals surface area contributed by atoms with E-state index >= 15 is 0 Å². The highest BCUT2D eigenvalue weighted by Gasteiger charge is 2.24. The van der Waals surface area contributed by atoms with Gasteiger partial charge in [0.15, 0.2) is 11.5 Å². The minimum atomic E-state index is -0.237. The Morgan fingerprint density at radius 2 is 2.07 bits per heavy atom. The van der Waals surface area contributed by atoms with E-state index in [0.29, 0.717) is 31.0 Å². The van der Waals surface area contributed by atoms with Gasteiger partial charge in [-0.15, -0.1) is 0 Å². The molecule has 1 aliphatic rings. The third-order valence-electron chi connectivity index (χ3n) is 4.59. The molecule has 1 aromatic carbocycles. The number of hydrogen-bond acceptors (Lipinski definition) is 6. The van der Waals surface area contributed by atoms with E-state index in [2.05, 4.69) is 11.4 Å². The maximum atomic E-state index is 12.4. The Morgan fingerprint density at radius 1 is 1.33 bits per heavy atom. The summed E-state index contributed by atoms with van der Waals surface area (Å²) in [5.74, 6) is 2.05. The zero-order valence-electron chi connectivity index (χ0n) is 15.7. The van der Waals surface area contributed by atoms with E-state index in [9.17, 15) is 10.1 Å². The average molecular weight is 369 g/mol. The summed E-state index contributed by atoms with van der Waals surface area (Å²) in [5.41, 5.74) is 1.11. The number of nitrogens with zero attached hydrogens (tertiary/aromatic N) is 2. The van der Waals surface area contributed by atoms with Gasteiger partial charge in [-0.3, -0.25) is 15.0 Å². The van der Waals surface area contributed by atoms with Gasteiger partial charge in [0.05, 0.1) is 6.54 Å². The number of carbonyl (C=O) groups excluding carboxylic acids is 1. The second-order valence-electron chi connectivity index (χ2n) is 6.47. The van der Waals surface area contributed by atoms with Crippen molar-refractivity contribution in [1.29, 1.82) is 5.26 Å². The standard InChI is InChI=1S/C20H23N3O4/c1-4-23(10-15-12-25-17-7-5-6-8-18(17)27-15)11-19(24)22-20-16(9-21)13(2)14(3)26-20/h5-8,15H,4,10-12H2,1-3H3,(H,22,24). The Bertz CT molecular complexity index is 869. The normalized spacial score (nSPS) is 15.4. The monoisotopic (exact) mass is 369 g/mol. The molecule has 0 bridgehead atoms. The molecule has 0 aliphatic carbocycles. The molecular formula is C20H23N3O4. The summed E-state index contributed by atoms with van der Waals surface area (Å²) in [5, 5.41) is 11.9. The quantitative estimate of drug-likeness (QED) is 0.842. The number of hydrogen-bond donors (Lipinski definition) is 1. The van der Waals surface area contributed by atoms with Crippen molar-refractivity contribution in [2.24, 2.45) is 0 Å². The molecule has 1 atom stereocenters. The van der Waals surface area contributed by atoms with Crippen molar-refractivity contribution in [2.45, 2.75) is 26.9 Å². The van der Waals surface area contributed by atoms with Crippen LogP contribution in [0.15, 0.2) is 28.7 Å². The first-order valence-electron chi connectivity index (χ1n) is 8.92. The largest absolute Gasteiger partial charge is 0.486 e. The minimum Gasteiger partial charge on any atom is -0.486 e. The molecule has 1 aromatic heterocycles. The van der Waals surface area contributed by atoms with Crippen LogP contribution in [0.3, 0.4) is 0 Å². The summed E-state index contributed by atoms with van der Waals surface area (Å²) >= 11 is 0. The number of amides is 1. The van der Waals surface area contributed by atoms with E-state index in [4.69, 9.17) is 13.9 Å². The molecule has 2 heterocycles. The Hall–Kier alpha value is -2.98. The molecular weight excluding hydrogens is 346 g/mol. The van der Waals surface area contributed by atoms with E-state index in [-0.39, 0.29) is 24.4 Å². The molecule has 2 aromatic rings. The van der Waals surface area contributed by atoms with E-state index in [1.54, 1.807) is 13.8 Å². The summed E-state index contributed by atoms with van der Waals surface area (Å²) in [6.45, 7) is 7.38. The third-order valence-corrected chi connectivity index (χ3v) is 4.59. The summed E-state index contributed by atoms with van der Waals surface area (Å²) in [6, 6.07) is 9.62. The number of para-hydroxylation sites is 2. The van der Waals surface area contributed by atoms with Crippen LogP contribution in [0.1, 0.15) is 23.8 Å². The van der Waals surface area contributed by atoms with E-state index in [0.717, 1.165) is 17.1 Å². The molecule has 1 amide bonds. The minimum absolute atomic E-state index is 0.157. The fourth-order valence-electron chi connectivity index (χ4n) is 2.97. The van der Waals surface area contributed by atoms with Gasteiger partial charge in [-0.25, -0.2) is 0 Å². The molecule has 1 N–H and O–H groups in total. The van der Waals surface area contributed by atoms with Crippen molar-refractivity contribution in [2.75, 3.05) is 31.6 Å². The third kappa shape index (κ3) is 4.23. The van der Waals surface area contributed by atoms with Gasteiger partial charge in [0, 0.05) is 12.1 Å². The first-order chi connectivity index (χ1) is 13.0. The predicted molar refractivity (Wildman–Crippen MR) is 100.0 cm³/mol. The van der Waals surface area contributed by atoms with Gasteiger partial charge in [0.25, 0.3) is 0 Å². The molecule has 1 unspecified atom stereocenters. The van der Waals surface area contributed by atoms with Crippen LogP contribution in [0.5, 0.6) is 11.5 Å². The van der Waals surface area contributed by atoms with Gasteiger partial charge in [-0.05, 0) is 32.5 Å². The summed E-state index contributed by atoms with van der Waals surface area (Å²) in [6.07, 6.45) is -0.157. The summed E-state index contributed by atoms with van der Waals surface area (Å²) < 4.78 is 17.2. The van der Waals surface area contributed by atoms with Gasteiger partial charge in [-0.2, -0.15) is 5.26 Å². The zero-order chi connectivity index (χ0) is 19.4. The van der Waals surface area contributed by atoms with Crippen molar-refractivity contribution in [3.05, 3.63) is 41.2 Å². The lowest BCUT2D eigenvalue weighted by atomic mass is 10.2. The van der Waals surface area contributed by atoms with Crippen LogP contribution in [0.4, 0.5) is 5.88 Å². The number of carbonyl (C=O) groups is 1. The Balaban J connectivity index is 1.58. The zero-order valence-corrected chi connectivity index (χ0v) is 15.7. The fourth-order valence-corrected chi connectivity index (χ4v) is 2.97. The maximum absolute atomic E-state index is 12.4. The molecule has 1 aliphatic heterocycles. The highest BCUT2D eigenvalue weighted by Crippen LogP contribution is 2.31. The molecule has 7 nitrogen and oxygen atoms in total. The Kier molecular flexibility index (Phi) is 5.67. The molecule has 0 saturated heterocycles. The molecule has 0 saturated carbocycles. The van der Waals surface area contributed by atoms with Crippen LogP contribution in [-0.2, 0) is 4.79 Å². The van der Waals surface area contributed by atoms with Crippen LogP contribution in [0.2, 0.25) is 0 Å². The number of anilines is 1. The van der Waals surface area contributed by atoms with Crippen LogP contribution < -0.4 is 14.8 Å². The van der Waals surface area contributed by atoms with Crippen LogP contribution in [0.25, 0.3) is 0 Å². The predicted octanol–water partition coefficient (Wildman–Crippen LogP) is 2.87. The lowest BCUT2D eigenvalue weighted by Crippen LogP contribution is -2.43. The van der Waals surface area contributed by atoms with Gasteiger partial charge >= 0.3 is 0 Å². The highest BCUT2D eigenvalue weighted by molar-refractivity contribution is 5.92. The van der Waals surface area contributed by atoms with Crippen molar-refractivity contribution >= 4 is 11.8 Å². The van der Waals surface area contributed by atoms with Crippen molar-refractivity contribution < 1.29 is 18.7 Å². The summed E-state index contributed by atoms with van der Waals surface area (Å²) in [7, 11) is 0. The van der Waals surface area contributed by atoms with Crippen molar-refractivity contribution in [1.82, 2.24) is 4.90 Å². The molecule has 27 heavy (non-hydrogen) atoms. The van der Waals surface area contributed by atoms with Crippen molar-refractivity contribution in [3.63, 3.8) is 0 Å². The molecule has 0 radical (unpaired) electrons. The number of rotatable bonds is 6. The van der Waals surface area contributed by atoms with E-state index in [1.807, 2.05) is 36.1 Å². The van der Waals surface area contributed by atoms with E-state index in [1.165, 1.54) is 0 Å². The Morgan fingerprint density at radius 3 is 2.78 bits per heavy atom. The highest BCUT2D eigenvalue weighted by atomic mass is 16.6. The second-order valence-corrected chi connectivity index (χ2v) is 6.47. The van der Waals surface area contributed by atoms with Crippen LogP contribution in [-0.4, -0.2) is 43.2 Å². The van der Waals surface area contributed by atoms with Crippen LogP contribution >= 0.6 is 0 Å². The van der Waals surface area contributed by atoms with Gasteiger partial charge in [-0.1, -0.05) is 19.1 Å². The lowest BCUT2D eigenvalue weighted by Gasteiger charge is -2.30. The maximum Gasteiger partial charge on any atom is 0.240 e. The molecule has 3 rings (SSSR count). The Labute approximate surface area is 158 Å². The number of nitriles is 1. The lowest BCUT2D eigenvalue weighted by molar-refractivity contribution is -0.117. The topological polar surface area (TPSA) is 87.7 Å². The molecule has 0 spiro atoms. The number of nitrogens with one attached hydrogen (secondary N) is 1. The summed E-state index contributed by atoms with van der Waals surface area (Å²) in [4.78, 5) is 14.4. The van der Waals surface area contributed by atoms with Gasteiger partial charge < -0.3 is 13.9 Å². The van der Waals surface area contributed by atoms with Crippen LogP contribution in [0, 0.1) is 25.2 Å². The molecule has 7 heteroatoms. The first-order valence-corrected chi connectivity index (χ1v) is 8.92. The molecule has 0 fully saturated rings. The average Bonchev–Trinajstić information content (AvgIpc) is 2.93. The SMILES string of the molecule is CCN(CC(=O)Nc1oc(C)c(C)c1C#N)CC1COc2ccccc2O1. The number of ether oxygens (including phenoxy) is 2. The van der Waals surface area contributed by atoms with Gasteiger partial charge in [0.1, 0.15) is 30.1 Å². The van der Waals surface area contributed by atoms with E-state index < -0.39 is 0 Å². The fraction of sp³-hybridized carbons (Fsp3) is 0.400. The van der Waals surface area contributed by atoms with Crippen molar-refractivity contribution in [3.8, 4) is 17.6 Å². The smallest absolute Gasteiger partial charge is 0.240 e. The number of likely N-dealkylation sites (N-methyl/N-ethyl adjacent to an activating group) is 1. The number of aryl methyl sites for hydroxylation is 1.